The van der Waals surface area contributed by atoms with E-state index >= 15 is 0 Å². The van der Waals surface area contributed by atoms with Gasteiger partial charge in [0.05, 0.1) is 11.4 Å². The van der Waals surface area contributed by atoms with Crippen LogP contribution in [0.2, 0.25) is 5.02 Å². The lowest BCUT2D eigenvalue weighted by Gasteiger charge is -2.07. The van der Waals surface area contributed by atoms with Crippen molar-refractivity contribution in [3.63, 3.8) is 0 Å². The minimum atomic E-state index is -0.0253. The molecule has 3 rings (SSSR count). The molecule has 0 fully saturated rings. The van der Waals surface area contributed by atoms with Gasteiger partial charge in [0.1, 0.15) is 12.4 Å². The van der Waals surface area contributed by atoms with Crippen molar-refractivity contribution in [3.05, 3.63) is 52.7 Å². The van der Waals surface area contributed by atoms with Gasteiger partial charge in [-0.15, -0.1) is 11.3 Å². The van der Waals surface area contributed by atoms with Crippen molar-refractivity contribution >= 4 is 28.8 Å². The summed E-state index contributed by atoms with van der Waals surface area (Å²) >= 11 is 7.37. The van der Waals surface area contributed by atoms with Crippen LogP contribution in [0.1, 0.15) is 18.7 Å². The second-order valence-electron chi connectivity index (χ2n) is 5.49. The van der Waals surface area contributed by atoms with E-state index in [0.717, 1.165) is 10.6 Å². The third-order valence-electron chi connectivity index (χ3n) is 3.51. The van der Waals surface area contributed by atoms with Gasteiger partial charge in [-0.25, -0.2) is 0 Å². The summed E-state index contributed by atoms with van der Waals surface area (Å²) in [5, 5.41) is 9.40. The molecule has 0 spiro atoms. The minimum absolute atomic E-state index is 0.0253. The van der Waals surface area contributed by atoms with Gasteiger partial charge in [-0.1, -0.05) is 22.8 Å². The molecule has 0 radical (unpaired) electrons. The Labute approximate surface area is 160 Å². The van der Waals surface area contributed by atoms with E-state index in [9.17, 15) is 4.79 Å². The van der Waals surface area contributed by atoms with Crippen molar-refractivity contribution in [1.29, 1.82) is 0 Å². The summed E-state index contributed by atoms with van der Waals surface area (Å²) in [6.45, 7) is 0.853. The summed E-state index contributed by atoms with van der Waals surface area (Å²) in [6.07, 6.45) is 1.63. The molecule has 0 aliphatic carbocycles. The Balaban J connectivity index is 1.30. The standard InChI is InChI=1S/C18H18ClN3O3S/c19-13-6-8-14(9-7-13)24-11-10-20-16(23)4-1-5-17-21-18(22-25-17)15-3-2-12-26-15/h2-3,6-9,12H,1,4-5,10-11H2,(H,20,23). The SMILES string of the molecule is O=C(CCCc1nc(-c2cccs2)no1)NCCOc1ccc(Cl)cc1. The fraction of sp³-hybridized carbons (Fsp3) is 0.278. The molecule has 26 heavy (non-hydrogen) atoms. The number of aryl methyl sites for hydroxylation is 1. The fourth-order valence-electron chi connectivity index (χ4n) is 2.24. The van der Waals surface area contributed by atoms with E-state index in [-0.39, 0.29) is 5.91 Å². The van der Waals surface area contributed by atoms with E-state index in [0.29, 0.717) is 49.2 Å². The highest BCUT2D eigenvalue weighted by Crippen LogP contribution is 2.21. The first-order valence-corrected chi connectivity index (χ1v) is 9.48. The van der Waals surface area contributed by atoms with Gasteiger partial charge in [0.15, 0.2) is 0 Å². The number of aromatic nitrogens is 2. The molecule has 0 atom stereocenters. The summed E-state index contributed by atoms with van der Waals surface area (Å²) in [5.41, 5.74) is 0. The number of thiophene rings is 1. The Hall–Kier alpha value is -2.38. The van der Waals surface area contributed by atoms with Crippen molar-refractivity contribution in [3.8, 4) is 16.5 Å². The number of carbonyl (C=O) groups excluding carboxylic acids is 1. The number of benzene rings is 1. The fourth-order valence-corrected chi connectivity index (χ4v) is 3.02. The molecule has 8 heteroatoms. The van der Waals surface area contributed by atoms with Crippen LogP contribution in [-0.2, 0) is 11.2 Å². The van der Waals surface area contributed by atoms with Gasteiger partial charge in [0, 0.05) is 17.9 Å². The molecular formula is C18H18ClN3O3S. The van der Waals surface area contributed by atoms with Gasteiger partial charge in [-0.3, -0.25) is 4.79 Å². The highest BCUT2D eigenvalue weighted by molar-refractivity contribution is 7.13. The molecule has 0 saturated heterocycles. The normalized spacial score (nSPS) is 10.7. The molecular weight excluding hydrogens is 374 g/mol. The predicted octanol–water partition coefficient (Wildman–Crippen LogP) is 3.97. The van der Waals surface area contributed by atoms with Crippen LogP contribution in [0, 0.1) is 0 Å². The topological polar surface area (TPSA) is 77.2 Å². The lowest BCUT2D eigenvalue weighted by Crippen LogP contribution is -2.27. The maximum absolute atomic E-state index is 11.8. The van der Waals surface area contributed by atoms with Crippen molar-refractivity contribution in [1.82, 2.24) is 15.5 Å². The van der Waals surface area contributed by atoms with Gasteiger partial charge in [0.2, 0.25) is 17.6 Å². The molecule has 3 aromatic rings. The quantitative estimate of drug-likeness (QED) is 0.558. The van der Waals surface area contributed by atoms with E-state index in [1.165, 1.54) is 0 Å². The summed E-state index contributed by atoms with van der Waals surface area (Å²) < 4.78 is 10.7. The first-order valence-electron chi connectivity index (χ1n) is 8.22. The molecule has 1 amide bonds. The third kappa shape index (κ3) is 5.57. The van der Waals surface area contributed by atoms with E-state index in [2.05, 4.69) is 15.5 Å². The van der Waals surface area contributed by atoms with Gasteiger partial charge >= 0.3 is 0 Å². The molecule has 2 aromatic heterocycles. The zero-order valence-electron chi connectivity index (χ0n) is 14.0. The minimum Gasteiger partial charge on any atom is -0.492 e. The molecule has 0 unspecified atom stereocenters. The van der Waals surface area contributed by atoms with Crippen molar-refractivity contribution in [2.24, 2.45) is 0 Å². The van der Waals surface area contributed by atoms with Crippen molar-refractivity contribution in [2.45, 2.75) is 19.3 Å². The van der Waals surface area contributed by atoms with Crippen molar-refractivity contribution < 1.29 is 14.1 Å². The van der Waals surface area contributed by atoms with E-state index < -0.39 is 0 Å². The monoisotopic (exact) mass is 391 g/mol. The second-order valence-corrected chi connectivity index (χ2v) is 6.88. The number of carbonyl (C=O) groups is 1. The number of halogens is 1. The second kappa shape index (κ2) is 9.35. The highest BCUT2D eigenvalue weighted by Gasteiger charge is 2.10. The Morgan fingerprint density at radius 1 is 1.27 bits per heavy atom. The molecule has 2 heterocycles. The van der Waals surface area contributed by atoms with Crippen LogP contribution in [0.25, 0.3) is 10.7 Å². The first kappa shape index (κ1) is 18.4. The lowest BCUT2D eigenvalue weighted by atomic mass is 10.2. The van der Waals surface area contributed by atoms with E-state index in [1.54, 1.807) is 35.6 Å². The summed E-state index contributed by atoms with van der Waals surface area (Å²) in [4.78, 5) is 17.1. The number of rotatable bonds is 9. The maximum Gasteiger partial charge on any atom is 0.226 e. The van der Waals surface area contributed by atoms with Crippen molar-refractivity contribution in [2.75, 3.05) is 13.2 Å². The highest BCUT2D eigenvalue weighted by atomic mass is 35.5. The van der Waals surface area contributed by atoms with E-state index in [4.69, 9.17) is 20.9 Å². The van der Waals surface area contributed by atoms with Crippen LogP contribution in [0.15, 0.2) is 46.3 Å². The van der Waals surface area contributed by atoms with Gasteiger partial charge in [-0.05, 0) is 42.1 Å². The van der Waals surface area contributed by atoms with Crippen LogP contribution in [0.3, 0.4) is 0 Å². The van der Waals surface area contributed by atoms with Crippen LogP contribution < -0.4 is 10.1 Å². The predicted molar refractivity (Wildman–Crippen MR) is 101 cm³/mol. The maximum atomic E-state index is 11.8. The Bertz CT molecular complexity index is 819. The zero-order chi connectivity index (χ0) is 18.2. The summed E-state index contributed by atoms with van der Waals surface area (Å²) in [5.74, 6) is 1.84. The molecule has 1 aromatic carbocycles. The third-order valence-corrected chi connectivity index (χ3v) is 4.63. The van der Waals surface area contributed by atoms with Gasteiger partial charge in [-0.2, -0.15) is 4.98 Å². The summed E-state index contributed by atoms with van der Waals surface area (Å²) in [6, 6.07) is 11.0. The molecule has 136 valence electrons. The van der Waals surface area contributed by atoms with Crippen LogP contribution in [0.4, 0.5) is 0 Å². The number of hydrogen-bond acceptors (Lipinski definition) is 6. The number of hydrogen-bond donors (Lipinski definition) is 1. The lowest BCUT2D eigenvalue weighted by molar-refractivity contribution is -0.121. The average molecular weight is 392 g/mol. The summed E-state index contributed by atoms with van der Waals surface area (Å²) in [7, 11) is 0. The van der Waals surface area contributed by atoms with Crippen LogP contribution in [-0.4, -0.2) is 29.2 Å². The first-order chi connectivity index (χ1) is 12.7. The smallest absolute Gasteiger partial charge is 0.226 e. The number of nitrogens with zero attached hydrogens (tertiary/aromatic N) is 2. The van der Waals surface area contributed by atoms with Crippen LogP contribution >= 0.6 is 22.9 Å². The zero-order valence-corrected chi connectivity index (χ0v) is 15.6. The molecule has 0 saturated carbocycles. The largest absolute Gasteiger partial charge is 0.492 e. The van der Waals surface area contributed by atoms with Crippen LogP contribution in [0.5, 0.6) is 5.75 Å². The van der Waals surface area contributed by atoms with E-state index in [1.807, 2.05) is 17.5 Å². The number of ether oxygens (including phenoxy) is 1. The Morgan fingerprint density at radius 2 is 2.12 bits per heavy atom. The number of amides is 1. The molecule has 0 bridgehead atoms. The molecule has 1 N–H and O–H groups in total. The van der Waals surface area contributed by atoms with Gasteiger partial charge in [0.25, 0.3) is 0 Å². The Morgan fingerprint density at radius 3 is 2.88 bits per heavy atom. The Kier molecular flexibility index (Phi) is 6.62. The average Bonchev–Trinajstić information content (AvgIpc) is 3.32. The number of nitrogens with one attached hydrogen (secondary N) is 1. The molecule has 0 aliphatic rings. The van der Waals surface area contributed by atoms with Gasteiger partial charge < -0.3 is 14.6 Å². The molecule has 0 aliphatic heterocycles. The molecule has 6 nitrogen and oxygen atoms in total.